The monoisotopic (exact) mass is 418 g/mol. The van der Waals surface area contributed by atoms with E-state index in [4.69, 9.17) is 4.74 Å². The number of rotatable bonds is 6. The number of carbonyl (C=O) groups excluding carboxylic acids is 3. The Balaban J connectivity index is 1.68. The van der Waals surface area contributed by atoms with Crippen LogP contribution in [0.15, 0.2) is 29.9 Å². The Hall–Kier alpha value is -2.85. The second-order valence-corrected chi connectivity index (χ2v) is 7.72. The topological polar surface area (TPSA) is 110 Å². The van der Waals surface area contributed by atoms with E-state index in [1.807, 2.05) is 13.8 Å². The maximum atomic E-state index is 12.5. The van der Waals surface area contributed by atoms with Gasteiger partial charge in [0.1, 0.15) is 16.6 Å². The maximum absolute atomic E-state index is 12.5. The van der Waals surface area contributed by atoms with Crippen molar-refractivity contribution in [3.8, 4) is 0 Å². The zero-order chi connectivity index (χ0) is 20.1. The number of hydrogen-bond donors (Lipinski definition) is 2. The first-order valence-corrected chi connectivity index (χ1v) is 10.3. The van der Waals surface area contributed by atoms with Crippen LogP contribution in [0.3, 0.4) is 0 Å². The number of nitrogens with zero attached hydrogens (tertiary/aromatic N) is 2. The highest BCUT2D eigenvalue weighted by Crippen LogP contribution is 2.26. The van der Waals surface area contributed by atoms with E-state index in [0.29, 0.717) is 23.4 Å². The van der Waals surface area contributed by atoms with Gasteiger partial charge in [-0.25, -0.2) is 9.78 Å². The van der Waals surface area contributed by atoms with Crippen LogP contribution in [-0.4, -0.2) is 34.0 Å². The molecule has 0 saturated carbocycles. The average molecular weight is 419 g/mol. The molecule has 0 atom stereocenters. The summed E-state index contributed by atoms with van der Waals surface area (Å²) >= 11 is 2.41. The van der Waals surface area contributed by atoms with E-state index in [9.17, 15) is 14.4 Å². The molecule has 0 spiro atoms. The molecule has 0 aromatic carbocycles. The van der Waals surface area contributed by atoms with Crippen LogP contribution in [0.5, 0.6) is 0 Å². The van der Waals surface area contributed by atoms with Crippen molar-refractivity contribution in [2.75, 3.05) is 5.32 Å². The Morgan fingerprint density at radius 2 is 1.96 bits per heavy atom. The molecular formula is C18H18N4O4S2. The van der Waals surface area contributed by atoms with Crippen molar-refractivity contribution in [1.29, 1.82) is 0 Å². The van der Waals surface area contributed by atoms with Crippen LogP contribution < -0.4 is 10.6 Å². The molecule has 3 heterocycles. The van der Waals surface area contributed by atoms with Gasteiger partial charge < -0.3 is 10.1 Å². The zero-order valence-corrected chi connectivity index (χ0v) is 16.9. The predicted octanol–water partition coefficient (Wildman–Crippen LogP) is 4.06. The van der Waals surface area contributed by atoms with Crippen LogP contribution in [0.25, 0.3) is 10.2 Å². The van der Waals surface area contributed by atoms with E-state index in [-0.39, 0.29) is 16.7 Å². The second-order valence-electron chi connectivity index (χ2n) is 5.78. The van der Waals surface area contributed by atoms with Crippen LogP contribution in [0.2, 0.25) is 0 Å². The third-order valence-corrected chi connectivity index (χ3v) is 5.79. The number of carbonyl (C=O) groups is 3. The molecule has 146 valence electrons. The number of imide groups is 1. The highest BCUT2D eigenvalue weighted by atomic mass is 32.1. The van der Waals surface area contributed by atoms with E-state index in [1.165, 1.54) is 28.7 Å². The van der Waals surface area contributed by atoms with Crippen LogP contribution in [0, 0.1) is 0 Å². The van der Waals surface area contributed by atoms with Gasteiger partial charge in [-0.1, -0.05) is 13.8 Å². The zero-order valence-electron chi connectivity index (χ0n) is 15.2. The molecule has 2 N–H and O–H groups in total. The summed E-state index contributed by atoms with van der Waals surface area (Å²) in [5.74, 6) is -1.07. The summed E-state index contributed by atoms with van der Waals surface area (Å²) in [5, 5.41) is 7.11. The van der Waals surface area contributed by atoms with E-state index in [1.54, 1.807) is 23.8 Å². The number of fused-ring (bicyclic) bond motifs is 1. The fourth-order valence-corrected chi connectivity index (χ4v) is 4.02. The molecule has 3 aromatic rings. The molecule has 0 unspecified atom stereocenters. The Morgan fingerprint density at radius 3 is 2.68 bits per heavy atom. The van der Waals surface area contributed by atoms with Gasteiger partial charge in [0.15, 0.2) is 5.01 Å². The van der Waals surface area contributed by atoms with E-state index in [0.717, 1.165) is 4.70 Å². The minimum Gasteiger partial charge on any atom is -0.446 e. The molecule has 3 aromatic heterocycles. The summed E-state index contributed by atoms with van der Waals surface area (Å²) in [4.78, 5) is 45.0. The van der Waals surface area contributed by atoms with Crippen molar-refractivity contribution in [3.05, 3.63) is 40.5 Å². The summed E-state index contributed by atoms with van der Waals surface area (Å²) in [7, 11) is 0. The Labute approximate surface area is 169 Å². The standard InChI is InChI=1S/C18H18N4O4S2/c1-3-10(4-2)26-18(25)22-14(23)11-6-8-27-16(11)21-15(24)17-20-12-9-19-7-5-13(12)28-17/h5-10H,3-4H2,1-2H3,(H,21,24)(H,22,23,25). The van der Waals surface area contributed by atoms with Gasteiger partial charge in [-0.2, -0.15) is 0 Å². The van der Waals surface area contributed by atoms with Gasteiger partial charge in [0.2, 0.25) is 0 Å². The molecule has 0 aliphatic carbocycles. The summed E-state index contributed by atoms with van der Waals surface area (Å²) in [6.45, 7) is 3.79. The summed E-state index contributed by atoms with van der Waals surface area (Å²) in [6.07, 6.45) is 3.48. The second kappa shape index (κ2) is 8.89. The van der Waals surface area contributed by atoms with Crippen molar-refractivity contribution in [2.45, 2.75) is 32.8 Å². The fraction of sp³-hybridized carbons (Fsp3) is 0.278. The average Bonchev–Trinajstić information content (AvgIpc) is 3.32. The molecule has 0 saturated heterocycles. The van der Waals surface area contributed by atoms with E-state index >= 15 is 0 Å². The number of thiazole rings is 1. The normalized spacial score (nSPS) is 10.8. The maximum Gasteiger partial charge on any atom is 0.414 e. The van der Waals surface area contributed by atoms with Crippen LogP contribution in [-0.2, 0) is 4.74 Å². The van der Waals surface area contributed by atoms with Gasteiger partial charge >= 0.3 is 6.09 Å². The van der Waals surface area contributed by atoms with Gasteiger partial charge in [0.25, 0.3) is 11.8 Å². The molecule has 3 rings (SSSR count). The third-order valence-electron chi connectivity index (χ3n) is 3.92. The minimum atomic E-state index is -0.805. The van der Waals surface area contributed by atoms with Gasteiger partial charge in [-0.15, -0.1) is 22.7 Å². The molecule has 0 aliphatic heterocycles. The lowest BCUT2D eigenvalue weighted by Gasteiger charge is -2.14. The SMILES string of the molecule is CCC(CC)OC(=O)NC(=O)c1ccsc1NC(=O)c1nc2cnccc2s1. The first-order chi connectivity index (χ1) is 13.5. The number of alkyl carbamates (subject to hydrolysis) is 1. The third kappa shape index (κ3) is 4.52. The van der Waals surface area contributed by atoms with Gasteiger partial charge in [0.05, 0.1) is 16.5 Å². The molecule has 0 bridgehead atoms. The number of thiophene rings is 1. The van der Waals surface area contributed by atoms with E-state index < -0.39 is 17.9 Å². The molecule has 3 amide bonds. The lowest BCUT2D eigenvalue weighted by molar-refractivity contribution is 0.0800. The first-order valence-electron chi connectivity index (χ1n) is 8.63. The van der Waals surface area contributed by atoms with Gasteiger partial charge in [0, 0.05) is 6.20 Å². The fourth-order valence-electron chi connectivity index (χ4n) is 2.41. The number of amides is 3. The van der Waals surface area contributed by atoms with E-state index in [2.05, 4.69) is 20.6 Å². The van der Waals surface area contributed by atoms with Crippen molar-refractivity contribution in [1.82, 2.24) is 15.3 Å². The highest BCUT2D eigenvalue weighted by Gasteiger charge is 2.21. The minimum absolute atomic E-state index is 0.183. The summed E-state index contributed by atoms with van der Waals surface area (Å²) < 4.78 is 6.01. The highest BCUT2D eigenvalue weighted by molar-refractivity contribution is 7.20. The molecule has 8 nitrogen and oxygen atoms in total. The number of pyridine rings is 1. The molecule has 10 heteroatoms. The summed E-state index contributed by atoms with van der Waals surface area (Å²) in [5.41, 5.74) is 0.813. The quantitative estimate of drug-likeness (QED) is 0.625. The smallest absolute Gasteiger partial charge is 0.414 e. The van der Waals surface area contributed by atoms with Gasteiger partial charge in [-0.3, -0.25) is 19.9 Å². The molecule has 28 heavy (non-hydrogen) atoms. The molecular weight excluding hydrogens is 400 g/mol. The predicted molar refractivity (Wildman–Crippen MR) is 108 cm³/mol. The van der Waals surface area contributed by atoms with Crippen LogP contribution >= 0.6 is 22.7 Å². The van der Waals surface area contributed by atoms with Crippen molar-refractivity contribution >= 4 is 55.8 Å². The largest absolute Gasteiger partial charge is 0.446 e. The Bertz CT molecular complexity index is 977. The molecule has 0 aliphatic rings. The Morgan fingerprint density at radius 1 is 1.18 bits per heavy atom. The number of nitrogens with one attached hydrogen (secondary N) is 2. The lowest BCUT2D eigenvalue weighted by Crippen LogP contribution is -2.34. The number of aromatic nitrogens is 2. The number of anilines is 1. The molecule has 0 fully saturated rings. The summed E-state index contributed by atoms with van der Waals surface area (Å²) in [6, 6.07) is 3.31. The van der Waals surface area contributed by atoms with Crippen LogP contribution in [0.1, 0.15) is 46.8 Å². The van der Waals surface area contributed by atoms with Crippen molar-refractivity contribution in [2.24, 2.45) is 0 Å². The number of ether oxygens (including phenoxy) is 1. The molecule has 0 radical (unpaired) electrons. The van der Waals surface area contributed by atoms with Crippen LogP contribution in [0.4, 0.5) is 9.80 Å². The van der Waals surface area contributed by atoms with Gasteiger partial charge in [-0.05, 0) is 30.4 Å². The number of hydrogen-bond acceptors (Lipinski definition) is 8. The lowest BCUT2D eigenvalue weighted by atomic mass is 10.2. The Kier molecular flexibility index (Phi) is 6.32. The first kappa shape index (κ1) is 19.9. The van der Waals surface area contributed by atoms with Crippen molar-refractivity contribution < 1.29 is 19.1 Å². The van der Waals surface area contributed by atoms with Crippen molar-refractivity contribution in [3.63, 3.8) is 0 Å².